The molecule has 1 fully saturated rings. The lowest BCUT2D eigenvalue weighted by Crippen LogP contribution is -2.31. The molecule has 3 rings (SSSR count). The van der Waals surface area contributed by atoms with E-state index in [1.54, 1.807) is 11.3 Å². The first-order chi connectivity index (χ1) is 9.65. The maximum absolute atomic E-state index is 11.2. The van der Waals surface area contributed by atoms with Gasteiger partial charge in [0.05, 0.1) is 5.69 Å². The Morgan fingerprint density at radius 1 is 1.50 bits per heavy atom. The zero-order chi connectivity index (χ0) is 14.1. The minimum Gasteiger partial charge on any atom is -0.481 e. The predicted molar refractivity (Wildman–Crippen MR) is 79.8 cm³/mol. The van der Waals surface area contributed by atoms with Crippen LogP contribution < -0.4 is 4.90 Å². The SMILES string of the molecule is CN(CCN1CCCC1)c1nc2c(s1)CCC2C(=O)O. The molecule has 1 N–H and O–H groups in total. The highest BCUT2D eigenvalue weighted by Crippen LogP contribution is 2.39. The third-order valence-corrected chi connectivity index (χ3v) is 5.53. The summed E-state index contributed by atoms with van der Waals surface area (Å²) in [6, 6.07) is 0. The highest BCUT2D eigenvalue weighted by Gasteiger charge is 2.32. The molecule has 1 aliphatic heterocycles. The molecule has 6 heteroatoms. The van der Waals surface area contributed by atoms with E-state index in [1.165, 1.54) is 30.8 Å². The highest BCUT2D eigenvalue weighted by molar-refractivity contribution is 7.15. The first-order valence-electron chi connectivity index (χ1n) is 7.31. The number of carboxylic acid groups (broad SMARTS) is 1. The Bertz CT molecular complexity index is 497. The number of aromatic nitrogens is 1. The molecule has 1 atom stereocenters. The summed E-state index contributed by atoms with van der Waals surface area (Å²) in [6.45, 7) is 4.46. The van der Waals surface area contributed by atoms with Crippen LogP contribution in [0.25, 0.3) is 0 Å². The van der Waals surface area contributed by atoms with Gasteiger partial charge in [-0.05, 0) is 38.8 Å². The van der Waals surface area contributed by atoms with E-state index in [0.717, 1.165) is 30.3 Å². The van der Waals surface area contributed by atoms with Gasteiger partial charge in [-0.3, -0.25) is 4.79 Å². The summed E-state index contributed by atoms with van der Waals surface area (Å²) < 4.78 is 0. The van der Waals surface area contributed by atoms with Gasteiger partial charge >= 0.3 is 5.97 Å². The molecule has 0 aromatic carbocycles. The van der Waals surface area contributed by atoms with Gasteiger partial charge in [0.1, 0.15) is 5.92 Å². The number of carbonyl (C=O) groups is 1. The smallest absolute Gasteiger partial charge is 0.312 e. The number of carboxylic acids is 1. The second-order valence-corrected chi connectivity index (χ2v) is 6.77. The molecule has 1 saturated heterocycles. The van der Waals surface area contributed by atoms with E-state index in [2.05, 4.69) is 21.8 Å². The number of rotatable bonds is 5. The van der Waals surface area contributed by atoms with Gasteiger partial charge in [-0.2, -0.15) is 0 Å². The highest BCUT2D eigenvalue weighted by atomic mass is 32.1. The molecule has 2 heterocycles. The lowest BCUT2D eigenvalue weighted by atomic mass is 10.1. The van der Waals surface area contributed by atoms with Crippen LogP contribution in [0.4, 0.5) is 5.13 Å². The second kappa shape index (κ2) is 5.69. The molecule has 0 amide bonds. The summed E-state index contributed by atoms with van der Waals surface area (Å²) in [6.07, 6.45) is 4.20. The second-order valence-electron chi connectivity index (χ2n) is 5.70. The lowest BCUT2D eigenvalue weighted by molar-refractivity contribution is -0.138. The van der Waals surface area contributed by atoms with Crippen LogP contribution in [0.5, 0.6) is 0 Å². The summed E-state index contributed by atoms with van der Waals surface area (Å²) in [5.41, 5.74) is 0.811. The Morgan fingerprint density at radius 3 is 2.95 bits per heavy atom. The third kappa shape index (κ3) is 2.67. The van der Waals surface area contributed by atoms with Crippen LogP contribution in [0, 0.1) is 0 Å². The molecule has 1 aromatic heterocycles. The van der Waals surface area contributed by atoms with Crippen LogP contribution in [0.1, 0.15) is 35.8 Å². The van der Waals surface area contributed by atoms with E-state index in [0.29, 0.717) is 6.42 Å². The Balaban J connectivity index is 1.62. The summed E-state index contributed by atoms with van der Waals surface area (Å²) in [5.74, 6) is -1.12. The number of aliphatic carboxylic acids is 1. The minimum atomic E-state index is -0.736. The number of likely N-dealkylation sites (N-methyl/N-ethyl adjacent to an activating group) is 1. The van der Waals surface area contributed by atoms with Gasteiger partial charge in [0, 0.05) is 25.0 Å². The molecule has 0 radical (unpaired) electrons. The molecule has 0 bridgehead atoms. The monoisotopic (exact) mass is 295 g/mol. The van der Waals surface area contributed by atoms with Gasteiger partial charge in [0.15, 0.2) is 5.13 Å². The zero-order valence-electron chi connectivity index (χ0n) is 11.8. The molecular formula is C14H21N3O2S. The fraction of sp³-hybridized carbons (Fsp3) is 0.714. The lowest BCUT2D eigenvalue weighted by Gasteiger charge is -2.20. The van der Waals surface area contributed by atoms with Crippen molar-refractivity contribution in [2.75, 3.05) is 38.1 Å². The van der Waals surface area contributed by atoms with Gasteiger partial charge in [-0.25, -0.2) is 4.98 Å². The topological polar surface area (TPSA) is 56.7 Å². The number of hydrogen-bond donors (Lipinski definition) is 1. The maximum Gasteiger partial charge on any atom is 0.312 e. The standard InChI is InChI=1S/C14H21N3O2S/c1-16(8-9-17-6-2-3-7-17)14-15-12-10(13(18)19)4-5-11(12)20-14/h10H,2-9H2,1H3,(H,18,19). The number of hydrogen-bond acceptors (Lipinski definition) is 5. The summed E-state index contributed by atoms with van der Waals surface area (Å²) in [4.78, 5) is 21.6. The number of likely N-dealkylation sites (tertiary alicyclic amines) is 1. The summed E-state index contributed by atoms with van der Waals surface area (Å²) >= 11 is 1.67. The van der Waals surface area contributed by atoms with E-state index in [4.69, 9.17) is 0 Å². The Kier molecular flexibility index (Phi) is 3.94. The van der Waals surface area contributed by atoms with Crippen LogP contribution in [-0.2, 0) is 11.2 Å². The van der Waals surface area contributed by atoms with E-state index >= 15 is 0 Å². The van der Waals surface area contributed by atoms with Crippen molar-refractivity contribution in [1.82, 2.24) is 9.88 Å². The molecule has 2 aliphatic rings. The third-order valence-electron chi connectivity index (χ3n) is 4.28. The van der Waals surface area contributed by atoms with Gasteiger partial charge < -0.3 is 14.9 Å². The average molecular weight is 295 g/mol. The van der Waals surface area contributed by atoms with Gasteiger partial charge in [-0.1, -0.05) is 0 Å². The number of fused-ring (bicyclic) bond motifs is 1. The van der Waals surface area contributed by atoms with Crippen LogP contribution in [0.3, 0.4) is 0 Å². The van der Waals surface area contributed by atoms with E-state index in [1.807, 2.05) is 0 Å². The largest absolute Gasteiger partial charge is 0.481 e. The van der Waals surface area contributed by atoms with Crippen LogP contribution in [0.2, 0.25) is 0 Å². The van der Waals surface area contributed by atoms with E-state index < -0.39 is 5.97 Å². The van der Waals surface area contributed by atoms with Crippen LogP contribution in [0.15, 0.2) is 0 Å². The normalized spacial score (nSPS) is 22.1. The fourth-order valence-corrected chi connectivity index (χ4v) is 4.14. The molecular weight excluding hydrogens is 274 g/mol. The van der Waals surface area contributed by atoms with Crippen LogP contribution in [-0.4, -0.2) is 54.2 Å². The van der Waals surface area contributed by atoms with Crippen molar-refractivity contribution in [3.63, 3.8) is 0 Å². The van der Waals surface area contributed by atoms with Gasteiger partial charge in [0.2, 0.25) is 0 Å². The Labute approximate surface area is 123 Å². The first kappa shape index (κ1) is 13.8. The predicted octanol–water partition coefficient (Wildman–Crippen LogP) is 1.79. The molecule has 1 unspecified atom stereocenters. The van der Waals surface area contributed by atoms with Crippen molar-refractivity contribution < 1.29 is 9.90 Å². The number of anilines is 1. The molecule has 0 spiro atoms. The van der Waals surface area contributed by atoms with Crippen molar-refractivity contribution in [1.29, 1.82) is 0 Å². The van der Waals surface area contributed by atoms with Crippen molar-refractivity contribution in [2.45, 2.75) is 31.6 Å². The minimum absolute atomic E-state index is 0.387. The first-order valence-corrected chi connectivity index (χ1v) is 8.12. The van der Waals surface area contributed by atoms with Gasteiger partial charge in [0.25, 0.3) is 0 Å². The molecule has 5 nitrogen and oxygen atoms in total. The van der Waals surface area contributed by atoms with Gasteiger partial charge in [-0.15, -0.1) is 11.3 Å². The Hall–Kier alpha value is -1.14. The van der Waals surface area contributed by atoms with Crippen molar-refractivity contribution in [2.24, 2.45) is 0 Å². The number of thiazole rings is 1. The van der Waals surface area contributed by atoms with Crippen molar-refractivity contribution >= 4 is 22.4 Å². The average Bonchev–Trinajstić information content (AvgIpc) is 3.11. The van der Waals surface area contributed by atoms with E-state index in [-0.39, 0.29) is 5.92 Å². The number of nitrogens with zero attached hydrogens (tertiary/aromatic N) is 3. The summed E-state index contributed by atoms with van der Waals surface area (Å²) in [7, 11) is 2.06. The molecule has 1 aromatic rings. The molecule has 110 valence electrons. The molecule has 20 heavy (non-hydrogen) atoms. The number of aryl methyl sites for hydroxylation is 1. The van der Waals surface area contributed by atoms with Crippen molar-refractivity contribution in [3.05, 3.63) is 10.6 Å². The molecule has 0 saturated carbocycles. The maximum atomic E-state index is 11.2. The van der Waals surface area contributed by atoms with E-state index in [9.17, 15) is 9.90 Å². The quantitative estimate of drug-likeness (QED) is 0.897. The summed E-state index contributed by atoms with van der Waals surface area (Å²) in [5, 5.41) is 10.2. The Morgan fingerprint density at radius 2 is 2.25 bits per heavy atom. The fourth-order valence-electron chi connectivity index (χ4n) is 3.01. The van der Waals surface area contributed by atoms with Crippen molar-refractivity contribution in [3.8, 4) is 0 Å². The zero-order valence-corrected chi connectivity index (χ0v) is 12.7. The van der Waals surface area contributed by atoms with Crippen LogP contribution >= 0.6 is 11.3 Å². The molecule has 1 aliphatic carbocycles.